The molecule has 0 radical (unpaired) electrons. The Hall–Kier alpha value is -2.12. The van der Waals surface area contributed by atoms with E-state index in [-0.39, 0.29) is 11.7 Å². The number of thiophene rings is 1. The van der Waals surface area contributed by atoms with E-state index < -0.39 is 0 Å². The highest BCUT2D eigenvalue weighted by Gasteiger charge is 2.23. The molecule has 1 aromatic carbocycles. The number of thioether (sulfide) groups is 1. The number of carbonyl (C=O) groups excluding carboxylic acids is 1. The first-order valence-corrected chi connectivity index (χ1v) is 10.9. The lowest BCUT2D eigenvalue weighted by Crippen LogP contribution is -2.15. The van der Waals surface area contributed by atoms with E-state index >= 15 is 0 Å². The fourth-order valence-electron chi connectivity index (χ4n) is 3.44. The van der Waals surface area contributed by atoms with E-state index in [0.717, 1.165) is 34.3 Å². The van der Waals surface area contributed by atoms with Gasteiger partial charge >= 0.3 is 0 Å². The molecule has 4 rings (SSSR count). The molecule has 3 N–H and O–H groups in total. The zero-order valence-electron chi connectivity index (χ0n) is 15.4. The second-order valence-corrected chi connectivity index (χ2v) is 9.10. The standard InChI is InChI=1S/C20H22N4OS2/c1-11-7-8-13-15(9-11)27-19-17(13)18(21)23-20(24-19)26-10-16(25)22-14-6-4-3-5-12(14)2/h3-6,11H,7-10H2,1-2H3,(H,22,25)(H2,21,23,24). The molecule has 0 fully saturated rings. The number of fused-ring (bicyclic) bond motifs is 3. The molecule has 1 amide bonds. The second-order valence-electron chi connectivity index (χ2n) is 7.08. The van der Waals surface area contributed by atoms with Gasteiger partial charge in [0.05, 0.1) is 11.1 Å². The Morgan fingerprint density at radius 1 is 1.37 bits per heavy atom. The molecule has 0 aliphatic heterocycles. The number of nitrogen functional groups attached to an aromatic ring is 1. The van der Waals surface area contributed by atoms with E-state index in [1.165, 1.54) is 28.6 Å². The number of amides is 1. The number of aromatic nitrogens is 2. The number of nitrogens with two attached hydrogens (primary N) is 1. The minimum Gasteiger partial charge on any atom is -0.383 e. The Morgan fingerprint density at radius 2 is 2.19 bits per heavy atom. The van der Waals surface area contributed by atoms with Crippen LogP contribution in [0.1, 0.15) is 29.3 Å². The van der Waals surface area contributed by atoms with E-state index in [4.69, 9.17) is 5.73 Å². The number of rotatable bonds is 4. The van der Waals surface area contributed by atoms with Gasteiger partial charge in [-0.05, 0) is 49.3 Å². The number of carbonyl (C=O) groups is 1. The molecule has 0 spiro atoms. The maximum absolute atomic E-state index is 12.3. The minimum atomic E-state index is -0.0733. The van der Waals surface area contributed by atoms with Crippen molar-refractivity contribution >= 4 is 50.7 Å². The second kappa shape index (κ2) is 7.48. The van der Waals surface area contributed by atoms with Crippen LogP contribution in [-0.2, 0) is 17.6 Å². The van der Waals surface area contributed by atoms with Crippen LogP contribution in [0.5, 0.6) is 0 Å². The summed E-state index contributed by atoms with van der Waals surface area (Å²) in [5.74, 6) is 1.42. The van der Waals surface area contributed by atoms with Gasteiger partial charge in [0, 0.05) is 10.6 Å². The van der Waals surface area contributed by atoms with Gasteiger partial charge < -0.3 is 11.1 Å². The summed E-state index contributed by atoms with van der Waals surface area (Å²) in [6.07, 6.45) is 3.33. The first kappa shape index (κ1) is 18.3. The molecule has 27 heavy (non-hydrogen) atoms. The van der Waals surface area contributed by atoms with Gasteiger partial charge in [0.15, 0.2) is 5.16 Å². The van der Waals surface area contributed by atoms with Crippen LogP contribution in [0, 0.1) is 12.8 Å². The lowest BCUT2D eigenvalue weighted by molar-refractivity contribution is -0.113. The van der Waals surface area contributed by atoms with E-state index in [1.54, 1.807) is 11.3 Å². The Kier molecular flexibility index (Phi) is 5.06. The summed E-state index contributed by atoms with van der Waals surface area (Å²) in [4.78, 5) is 23.7. The van der Waals surface area contributed by atoms with Gasteiger partial charge in [-0.25, -0.2) is 9.97 Å². The van der Waals surface area contributed by atoms with Gasteiger partial charge in [-0.3, -0.25) is 4.79 Å². The van der Waals surface area contributed by atoms with Crippen LogP contribution in [-0.4, -0.2) is 21.6 Å². The molecule has 7 heteroatoms. The van der Waals surface area contributed by atoms with E-state index in [9.17, 15) is 4.79 Å². The molecular weight excluding hydrogens is 376 g/mol. The molecule has 1 atom stereocenters. The highest BCUT2D eigenvalue weighted by atomic mass is 32.2. The summed E-state index contributed by atoms with van der Waals surface area (Å²) in [5, 5.41) is 4.52. The maximum Gasteiger partial charge on any atom is 0.234 e. The number of hydrogen-bond donors (Lipinski definition) is 2. The average molecular weight is 399 g/mol. The SMILES string of the molecule is Cc1ccccc1NC(=O)CSc1nc(N)c2c3c(sc2n1)CC(C)CC3. The average Bonchev–Trinajstić information content (AvgIpc) is 2.99. The van der Waals surface area contributed by atoms with Gasteiger partial charge in [-0.1, -0.05) is 36.9 Å². The molecule has 140 valence electrons. The third kappa shape index (κ3) is 3.80. The van der Waals surface area contributed by atoms with Crippen LogP contribution < -0.4 is 11.1 Å². The summed E-state index contributed by atoms with van der Waals surface area (Å²) >= 11 is 3.05. The van der Waals surface area contributed by atoms with Crippen molar-refractivity contribution in [3.63, 3.8) is 0 Å². The Labute approximate surface area is 166 Å². The van der Waals surface area contributed by atoms with Crippen molar-refractivity contribution in [2.45, 2.75) is 38.3 Å². The van der Waals surface area contributed by atoms with Gasteiger partial charge in [0.1, 0.15) is 10.6 Å². The highest BCUT2D eigenvalue weighted by Crippen LogP contribution is 2.39. The Morgan fingerprint density at radius 3 is 3.00 bits per heavy atom. The topological polar surface area (TPSA) is 80.9 Å². The van der Waals surface area contributed by atoms with Gasteiger partial charge in [-0.2, -0.15) is 0 Å². The zero-order valence-corrected chi connectivity index (χ0v) is 17.0. The first-order valence-electron chi connectivity index (χ1n) is 9.07. The number of aryl methyl sites for hydroxylation is 2. The van der Waals surface area contributed by atoms with E-state index in [2.05, 4.69) is 22.2 Å². The number of para-hydroxylation sites is 1. The highest BCUT2D eigenvalue weighted by molar-refractivity contribution is 7.99. The van der Waals surface area contributed by atoms with Crippen LogP contribution in [0.15, 0.2) is 29.4 Å². The fraction of sp³-hybridized carbons (Fsp3) is 0.350. The van der Waals surface area contributed by atoms with Crippen molar-refractivity contribution in [3.05, 3.63) is 40.3 Å². The molecule has 2 aromatic heterocycles. The van der Waals surface area contributed by atoms with Crippen LogP contribution >= 0.6 is 23.1 Å². The predicted octanol–water partition coefficient (Wildman–Crippen LogP) is 4.44. The number of nitrogens with one attached hydrogen (secondary N) is 1. The molecule has 3 aromatic rings. The summed E-state index contributed by atoms with van der Waals surface area (Å²) in [6.45, 7) is 4.26. The van der Waals surface area contributed by atoms with Crippen molar-refractivity contribution in [2.24, 2.45) is 5.92 Å². The van der Waals surface area contributed by atoms with Crippen LogP contribution in [0.2, 0.25) is 0 Å². The molecule has 0 saturated carbocycles. The van der Waals surface area contributed by atoms with Crippen molar-refractivity contribution in [3.8, 4) is 0 Å². The molecule has 1 aliphatic carbocycles. The molecular formula is C20H22N4OS2. The summed E-state index contributed by atoms with van der Waals surface area (Å²) in [5.41, 5.74) is 9.46. The monoisotopic (exact) mass is 398 g/mol. The normalized spacial score (nSPS) is 16.3. The Balaban J connectivity index is 1.49. The lowest BCUT2D eigenvalue weighted by Gasteiger charge is -2.17. The van der Waals surface area contributed by atoms with Gasteiger partial charge in [0.2, 0.25) is 5.91 Å². The minimum absolute atomic E-state index is 0.0733. The smallest absolute Gasteiger partial charge is 0.234 e. The fourth-order valence-corrected chi connectivity index (χ4v) is 5.54. The summed E-state index contributed by atoms with van der Waals surface area (Å²) in [6, 6.07) is 7.73. The third-order valence-electron chi connectivity index (χ3n) is 4.91. The zero-order chi connectivity index (χ0) is 19.0. The predicted molar refractivity (Wildman–Crippen MR) is 114 cm³/mol. The number of hydrogen-bond acceptors (Lipinski definition) is 6. The van der Waals surface area contributed by atoms with Crippen LogP contribution in [0.25, 0.3) is 10.2 Å². The molecule has 5 nitrogen and oxygen atoms in total. The Bertz CT molecular complexity index is 1010. The largest absolute Gasteiger partial charge is 0.383 e. The van der Waals surface area contributed by atoms with Crippen LogP contribution in [0.3, 0.4) is 0 Å². The quantitative estimate of drug-likeness (QED) is 0.502. The third-order valence-corrected chi connectivity index (χ3v) is 6.91. The number of nitrogens with zero attached hydrogens (tertiary/aromatic N) is 2. The number of anilines is 2. The lowest BCUT2D eigenvalue weighted by atomic mass is 9.89. The molecule has 0 saturated heterocycles. The molecule has 1 unspecified atom stereocenters. The van der Waals surface area contributed by atoms with Crippen molar-refractivity contribution in [1.82, 2.24) is 9.97 Å². The molecule has 2 heterocycles. The van der Waals surface area contributed by atoms with Crippen molar-refractivity contribution < 1.29 is 4.79 Å². The maximum atomic E-state index is 12.3. The van der Waals surface area contributed by atoms with Crippen LogP contribution in [0.4, 0.5) is 11.5 Å². The first-order chi connectivity index (χ1) is 13.0. The summed E-state index contributed by atoms with van der Waals surface area (Å²) in [7, 11) is 0. The molecule has 1 aliphatic rings. The number of benzene rings is 1. The van der Waals surface area contributed by atoms with Gasteiger partial charge in [-0.15, -0.1) is 11.3 Å². The van der Waals surface area contributed by atoms with E-state index in [1.807, 2.05) is 31.2 Å². The molecule has 0 bridgehead atoms. The summed E-state index contributed by atoms with van der Waals surface area (Å²) < 4.78 is 0. The van der Waals surface area contributed by atoms with Gasteiger partial charge in [0.25, 0.3) is 0 Å². The van der Waals surface area contributed by atoms with Crippen molar-refractivity contribution in [2.75, 3.05) is 16.8 Å². The van der Waals surface area contributed by atoms with E-state index in [0.29, 0.717) is 16.9 Å². The van der Waals surface area contributed by atoms with Crippen molar-refractivity contribution in [1.29, 1.82) is 0 Å².